The monoisotopic (exact) mass is 324 g/mol. The minimum Gasteiger partial charge on any atom is -0.447 e. The lowest BCUT2D eigenvalue weighted by Gasteiger charge is -2.32. The second kappa shape index (κ2) is 5.92. The normalized spacial score (nSPS) is 19.8. The summed E-state index contributed by atoms with van der Waals surface area (Å²) in [6, 6.07) is 7.56. The minimum atomic E-state index is -0.318. The zero-order valence-electron chi connectivity index (χ0n) is 13.0. The maximum atomic E-state index is 12.7. The minimum absolute atomic E-state index is 0.0592. The zero-order valence-corrected chi connectivity index (χ0v) is 13.0. The lowest BCUT2D eigenvalue weighted by Crippen LogP contribution is -2.42. The summed E-state index contributed by atoms with van der Waals surface area (Å²) in [4.78, 5) is 36.3. The summed E-state index contributed by atoms with van der Waals surface area (Å²) in [5.41, 5.74) is 2.05. The highest BCUT2D eigenvalue weighted by molar-refractivity contribution is 5.93. The van der Waals surface area contributed by atoms with Crippen LogP contribution in [0.1, 0.15) is 22.5 Å². The number of amides is 2. The van der Waals surface area contributed by atoms with Crippen molar-refractivity contribution in [1.82, 2.24) is 14.9 Å². The first-order valence-corrected chi connectivity index (χ1v) is 7.83. The number of hydrogen-bond donors (Lipinski definition) is 0. The second-order valence-electron chi connectivity index (χ2n) is 5.84. The van der Waals surface area contributed by atoms with Gasteiger partial charge in [0.25, 0.3) is 5.91 Å². The summed E-state index contributed by atoms with van der Waals surface area (Å²) in [5, 5.41) is 0. The van der Waals surface area contributed by atoms with Crippen molar-refractivity contribution in [3.8, 4) is 0 Å². The van der Waals surface area contributed by atoms with E-state index in [1.54, 1.807) is 16.0 Å². The predicted molar refractivity (Wildman–Crippen MR) is 85.4 cm³/mol. The van der Waals surface area contributed by atoms with E-state index in [1.807, 2.05) is 24.3 Å². The summed E-state index contributed by atoms with van der Waals surface area (Å²) in [7, 11) is 0. The molecule has 2 amide bonds. The molecule has 2 aliphatic rings. The standard InChI is InChI=1S/C17H16N4O3/c22-16(14-9-18-6-7-19-14)20-8-5-13-11-24-17(23)21(13)15-4-2-1-3-12(15)10-20/h1-4,6-7,9,13H,5,8,10-11H2. The van der Waals surface area contributed by atoms with Crippen LogP contribution in [0.2, 0.25) is 0 Å². The van der Waals surface area contributed by atoms with Gasteiger partial charge in [-0.2, -0.15) is 0 Å². The van der Waals surface area contributed by atoms with E-state index in [4.69, 9.17) is 4.74 Å². The molecular formula is C17H16N4O3. The van der Waals surface area contributed by atoms with Crippen molar-refractivity contribution in [2.24, 2.45) is 0 Å². The Hall–Kier alpha value is -2.96. The van der Waals surface area contributed by atoms with E-state index in [0.29, 0.717) is 31.8 Å². The summed E-state index contributed by atoms with van der Waals surface area (Å²) >= 11 is 0. The Morgan fingerprint density at radius 3 is 2.96 bits per heavy atom. The van der Waals surface area contributed by atoms with Crippen LogP contribution in [0.25, 0.3) is 0 Å². The number of cyclic esters (lactones) is 1. The van der Waals surface area contributed by atoms with E-state index in [1.165, 1.54) is 12.4 Å². The van der Waals surface area contributed by atoms with Gasteiger partial charge in [0.2, 0.25) is 0 Å². The molecule has 1 fully saturated rings. The SMILES string of the molecule is O=C(c1cnccn1)N1CCC2COC(=O)N2c2ccccc2C1. The third-order valence-electron chi connectivity index (χ3n) is 4.38. The van der Waals surface area contributed by atoms with Gasteiger partial charge < -0.3 is 9.64 Å². The molecule has 1 atom stereocenters. The van der Waals surface area contributed by atoms with Crippen LogP contribution in [0.15, 0.2) is 42.9 Å². The first-order chi connectivity index (χ1) is 11.7. The van der Waals surface area contributed by atoms with Crippen molar-refractivity contribution in [1.29, 1.82) is 0 Å². The molecule has 7 heteroatoms. The van der Waals surface area contributed by atoms with Gasteiger partial charge >= 0.3 is 6.09 Å². The number of carbonyl (C=O) groups is 2. The molecule has 1 aromatic heterocycles. The van der Waals surface area contributed by atoms with Crippen LogP contribution in [-0.2, 0) is 11.3 Å². The number of benzene rings is 1. The van der Waals surface area contributed by atoms with E-state index in [0.717, 1.165) is 11.3 Å². The number of rotatable bonds is 1. The number of aromatic nitrogens is 2. The number of ether oxygens (including phenoxy) is 1. The number of hydrogen-bond acceptors (Lipinski definition) is 5. The summed E-state index contributed by atoms with van der Waals surface area (Å²) in [5.74, 6) is -0.156. The number of para-hydroxylation sites is 1. The molecule has 0 N–H and O–H groups in total. The Morgan fingerprint density at radius 1 is 1.25 bits per heavy atom. The topological polar surface area (TPSA) is 75.6 Å². The fourth-order valence-corrected chi connectivity index (χ4v) is 3.18. The lowest BCUT2D eigenvalue weighted by molar-refractivity contribution is 0.0728. The third-order valence-corrected chi connectivity index (χ3v) is 4.38. The number of nitrogens with zero attached hydrogens (tertiary/aromatic N) is 4. The fourth-order valence-electron chi connectivity index (χ4n) is 3.18. The van der Waals surface area contributed by atoms with Crippen molar-refractivity contribution in [2.75, 3.05) is 18.1 Å². The number of anilines is 1. The Morgan fingerprint density at radius 2 is 2.12 bits per heavy atom. The smallest absolute Gasteiger partial charge is 0.414 e. The lowest BCUT2D eigenvalue weighted by atomic mass is 10.1. The van der Waals surface area contributed by atoms with Crippen molar-refractivity contribution < 1.29 is 14.3 Å². The second-order valence-corrected chi connectivity index (χ2v) is 5.84. The van der Waals surface area contributed by atoms with Gasteiger partial charge in [0.15, 0.2) is 0 Å². The van der Waals surface area contributed by atoms with Crippen molar-refractivity contribution in [3.63, 3.8) is 0 Å². The molecular weight excluding hydrogens is 308 g/mol. The van der Waals surface area contributed by atoms with Crippen molar-refractivity contribution >= 4 is 17.7 Å². The molecule has 0 aliphatic carbocycles. The Bertz CT molecular complexity index is 780. The van der Waals surface area contributed by atoms with Gasteiger partial charge in [0.05, 0.1) is 17.9 Å². The first-order valence-electron chi connectivity index (χ1n) is 7.83. The average Bonchev–Trinajstić information content (AvgIpc) is 2.97. The summed E-state index contributed by atoms with van der Waals surface area (Å²) < 4.78 is 5.21. The Balaban J connectivity index is 1.69. The van der Waals surface area contributed by atoms with Crippen molar-refractivity contribution in [3.05, 3.63) is 54.1 Å². The molecule has 1 aromatic carbocycles. The van der Waals surface area contributed by atoms with Crippen LogP contribution in [0, 0.1) is 0 Å². The molecule has 7 nitrogen and oxygen atoms in total. The molecule has 0 radical (unpaired) electrons. The van der Waals surface area contributed by atoms with Gasteiger partial charge in [-0.25, -0.2) is 9.78 Å². The van der Waals surface area contributed by atoms with Crippen LogP contribution in [0.5, 0.6) is 0 Å². The van der Waals surface area contributed by atoms with Crippen LogP contribution in [-0.4, -0.2) is 46.1 Å². The van der Waals surface area contributed by atoms with E-state index in [9.17, 15) is 9.59 Å². The molecule has 24 heavy (non-hydrogen) atoms. The highest BCUT2D eigenvalue weighted by Gasteiger charge is 2.37. The highest BCUT2D eigenvalue weighted by Crippen LogP contribution is 2.31. The maximum absolute atomic E-state index is 12.7. The molecule has 1 saturated heterocycles. The predicted octanol–water partition coefficient (Wildman–Crippen LogP) is 1.85. The molecule has 4 rings (SSSR count). The van der Waals surface area contributed by atoms with E-state index >= 15 is 0 Å². The third kappa shape index (κ3) is 2.47. The Kier molecular flexibility index (Phi) is 3.60. The summed E-state index contributed by atoms with van der Waals surface area (Å²) in [6.07, 6.45) is 4.87. The van der Waals surface area contributed by atoms with Gasteiger partial charge in [0.1, 0.15) is 12.3 Å². The van der Waals surface area contributed by atoms with Gasteiger partial charge in [-0.15, -0.1) is 0 Å². The van der Waals surface area contributed by atoms with Crippen LogP contribution in [0.4, 0.5) is 10.5 Å². The quantitative estimate of drug-likeness (QED) is 0.800. The molecule has 1 unspecified atom stereocenters. The van der Waals surface area contributed by atoms with E-state index in [2.05, 4.69) is 9.97 Å². The molecule has 122 valence electrons. The highest BCUT2D eigenvalue weighted by atomic mass is 16.6. The van der Waals surface area contributed by atoms with Gasteiger partial charge in [0, 0.05) is 25.5 Å². The fraction of sp³-hybridized carbons (Fsp3) is 0.294. The van der Waals surface area contributed by atoms with E-state index in [-0.39, 0.29) is 18.0 Å². The number of fused-ring (bicyclic) bond motifs is 3. The Labute approximate surface area is 138 Å². The van der Waals surface area contributed by atoms with Crippen LogP contribution >= 0.6 is 0 Å². The average molecular weight is 324 g/mol. The molecule has 2 aromatic rings. The zero-order chi connectivity index (χ0) is 16.5. The van der Waals surface area contributed by atoms with Crippen LogP contribution < -0.4 is 4.90 Å². The molecule has 3 heterocycles. The largest absolute Gasteiger partial charge is 0.447 e. The number of carbonyl (C=O) groups excluding carboxylic acids is 2. The van der Waals surface area contributed by atoms with Gasteiger partial charge in [-0.3, -0.25) is 14.7 Å². The van der Waals surface area contributed by atoms with Crippen LogP contribution in [0.3, 0.4) is 0 Å². The maximum Gasteiger partial charge on any atom is 0.414 e. The van der Waals surface area contributed by atoms with Crippen molar-refractivity contribution in [2.45, 2.75) is 19.0 Å². The van der Waals surface area contributed by atoms with Gasteiger partial charge in [-0.05, 0) is 18.1 Å². The van der Waals surface area contributed by atoms with E-state index < -0.39 is 0 Å². The van der Waals surface area contributed by atoms with Gasteiger partial charge in [-0.1, -0.05) is 18.2 Å². The molecule has 2 aliphatic heterocycles. The summed E-state index contributed by atoms with van der Waals surface area (Å²) in [6.45, 7) is 1.30. The molecule has 0 spiro atoms. The first kappa shape index (κ1) is 14.6. The molecule has 0 saturated carbocycles. The molecule has 0 bridgehead atoms.